The lowest BCUT2D eigenvalue weighted by molar-refractivity contribution is -0.0283. The third kappa shape index (κ3) is 3.81. The molecule has 0 amide bonds. The second-order valence-corrected chi connectivity index (χ2v) is 9.57. The van der Waals surface area contributed by atoms with Crippen LogP contribution in [0.25, 0.3) is 0 Å². The van der Waals surface area contributed by atoms with Gasteiger partial charge < -0.3 is 10.2 Å². The second-order valence-electron chi connectivity index (χ2n) is 9.57. The quantitative estimate of drug-likeness (QED) is 0.629. The molecule has 2 heteroatoms. The van der Waals surface area contributed by atoms with E-state index in [9.17, 15) is 0 Å². The molecule has 0 bridgehead atoms. The fourth-order valence-electron chi connectivity index (χ4n) is 7.11. The molecule has 2 aliphatic heterocycles. The average molecular weight is 349 g/mol. The van der Waals surface area contributed by atoms with Crippen LogP contribution in [0.3, 0.4) is 0 Å². The molecular weight excluding hydrogens is 304 g/mol. The molecule has 2 nitrogen and oxygen atoms in total. The van der Waals surface area contributed by atoms with Gasteiger partial charge in [0.15, 0.2) is 0 Å². The summed E-state index contributed by atoms with van der Waals surface area (Å²) < 4.78 is 0. The van der Waals surface area contributed by atoms with E-state index in [4.69, 9.17) is 0 Å². The van der Waals surface area contributed by atoms with Gasteiger partial charge in [-0.2, -0.15) is 0 Å². The fourth-order valence-corrected chi connectivity index (χ4v) is 7.11. The van der Waals surface area contributed by atoms with E-state index in [1.807, 2.05) is 0 Å². The van der Waals surface area contributed by atoms with E-state index in [1.54, 1.807) is 0 Å². The van der Waals surface area contributed by atoms with Gasteiger partial charge in [0.25, 0.3) is 0 Å². The van der Waals surface area contributed by atoms with Crippen molar-refractivity contribution < 1.29 is 0 Å². The molecule has 25 heavy (non-hydrogen) atoms. The molecule has 2 atom stereocenters. The third-order valence-electron chi connectivity index (χ3n) is 8.21. The van der Waals surface area contributed by atoms with E-state index in [2.05, 4.69) is 31.0 Å². The number of likely N-dealkylation sites (tertiary alicyclic amines) is 1. The van der Waals surface area contributed by atoms with Crippen LogP contribution in [0.15, 0.2) is 0 Å². The fraction of sp³-hybridized carbons (Fsp3) is 1.00. The molecule has 146 valence electrons. The summed E-state index contributed by atoms with van der Waals surface area (Å²) in [6.45, 7) is 11.4. The Kier molecular flexibility index (Phi) is 6.88. The Bertz CT molecular complexity index is 387. The third-order valence-corrected chi connectivity index (χ3v) is 8.21. The number of nitrogens with zero attached hydrogens (tertiary/aromatic N) is 1. The van der Waals surface area contributed by atoms with E-state index >= 15 is 0 Å². The van der Waals surface area contributed by atoms with Crippen molar-refractivity contribution in [1.82, 2.24) is 10.2 Å². The lowest BCUT2D eigenvalue weighted by Crippen LogP contribution is -2.60. The van der Waals surface area contributed by atoms with Crippen LogP contribution >= 0.6 is 0 Å². The molecule has 0 aromatic carbocycles. The lowest BCUT2D eigenvalue weighted by atomic mass is 9.56. The molecule has 3 fully saturated rings. The van der Waals surface area contributed by atoms with Crippen molar-refractivity contribution in [3.05, 3.63) is 0 Å². The summed E-state index contributed by atoms with van der Waals surface area (Å²) in [5.74, 6) is 0. The Hall–Kier alpha value is -0.0800. The van der Waals surface area contributed by atoms with Gasteiger partial charge in [-0.3, -0.25) is 0 Å². The standard InChI is InChI=1S/C23H44N2/c1-4-12-23(13-5-2,20(3)25-18-10-7-11-19-25)21-22(16-17-24-21)14-8-6-9-15-22/h20-21,24H,4-19H2,1-3H3. The van der Waals surface area contributed by atoms with Gasteiger partial charge in [-0.25, -0.2) is 0 Å². The first-order chi connectivity index (χ1) is 12.2. The van der Waals surface area contributed by atoms with Gasteiger partial charge in [-0.15, -0.1) is 0 Å². The van der Waals surface area contributed by atoms with Crippen LogP contribution in [-0.2, 0) is 0 Å². The minimum absolute atomic E-state index is 0.481. The SMILES string of the molecule is CCCC(CCC)(C(C)N1CCCCC1)C1NCCC12CCCCC2. The Labute approximate surface area is 157 Å². The van der Waals surface area contributed by atoms with E-state index < -0.39 is 0 Å². The van der Waals surface area contributed by atoms with Crippen LogP contribution in [0.2, 0.25) is 0 Å². The Balaban J connectivity index is 1.91. The lowest BCUT2D eigenvalue weighted by Gasteiger charge is -2.55. The molecule has 3 rings (SSSR count). The summed E-state index contributed by atoms with van der Waals surface area (Å²) in [5, 5.41) is 4.12. The molecule has 1 N–H and O–H groups in total. The van der Waals surface area contributed by atoms with Gasteiger partial charge in [0.1, 0.15) is 0 Å². The van der Waals surface area contributed by atoms with Crippen molar-refractivity contribution >= 4 is 0 Å². The van der Waals surface area contributed by atoms with Gasteiger partial charge in [0.2, 0.25) is 0 Å². The van der Waals surface area contributed by atoms with Crippen LogP contribution in [0.4, 0.5) is 0 Å². The maximum Gasteiger partial charge on any atom is 0.0195 e. The van der Waals surface area contributed by atoms with Crippen LogP contribution in [-0.4, -0.2) is 36.6 Å². The van der Waals surface area contributed by atoms with Crippen molar-refractivity contribution in [3.63, 3.8) is 0 Å². The Morgan fingerprint density at radius 3 is 2.12 bits per heavy atom. The summed E-state index contributed by atoms with van der Waals surface area (Å²) in [6.07, 6.45) is 18.7. The highest BCUT2D eigenvalue weighted by molar-refractivity contribution is 5.10. The normalized spacial score (nSPS) is 29.2. The van der Waals surface area contributed by atoms with Crippen molar-refractivity contribution in [3.8, 4) is 0 Å². The predicted molar refractivity (Wildman–Crippen MR) is 109 cm³/mol. The molecular formula is C23H44N2. The van der Waals surface area contributed by atoms with Gasteiger partial charge in [-0.1, -0.05) is 52.4 Å². The molecule has 1 spiro atoms. The van der Waals surface area contributed by atoms with E-state index in [1.165, 1.54) is 103 Å². The smallest absolute Gasteiger partial charge is 0.0195 e. The number of piperidine rings is 1. The molecule has 0 aromatic heterocycles. The molecule has 1 aliphatic carbocycles. The van der Waals surface area contributed by atoms with Crippen LogP contribution in [0.1, 0.15) is 104 Å². The average Bonchev–Trinajstić information content (AvgIpc) is 3.05. The minimum atomic E-state index is 0.481. The van der Waals surface area contributed by atoms with E-state index in [0.717, 1.165) is 12.1 Å². The molecule has 0 radical (unpaired) electrons. The number of hydrogen-bond donors (Lipinski definition) is 1. The zero-order valence-corrected chi connectivity index (χ0v) is 17.4. The summed E-state index contributed by atoms with van der Waals surface area (Å²) >= 11 is 0. The monoisotopic (exact) mass is 348 g/mol. The molecule has 2 heterocycles. The highest BCUT2D eigenvalue weighted by Crippen LogP contribution is 2.55. The number of nitrogens with one attached hydrogen (secondary N) is 1. The topological polar surface area (TPSA) is 15.3 Å². The Morgan fingerprint density at radius 2 is 1.52 bits per heavy atom. The van der Waals surface area contributed by atoms with Crippen LogP contribution < -0.4 is 5.32 Å². The summed E-state index contributed by atoms with van der Waals surface area (Å²) in [4.78, 5) is 2.88. The van der Waals surface area contributed by atoms with Crippen LogP contribution in [0, 0.1) is 10.8 Å². The largest absolute Gasteiger partial charge is 0.313 e. The van der Waals surface area contributed by atoms with Crippen molar-refractivity contribution in [2.75, 3.05) is 19.6 Å². The summed E-state index contributed by atoms with van der Waals surface area (Å²) in [5.41, 5.74) is 1.10. The second kappa shape index (κ2) is 8.74. The molecule has 1 saturated carbocycles. The zero-order valence-electron chi connectivity index (χ0n) is 17.4. The van der Waals surface area contributed by atoms with E-state index in [0.29, 0.717) is 10.8 Å². The maximum absolute atomic E-state index is 4.12. The summed E-state index contributed by atoms with van der Waals surface area (Å²) in [6, 6.07) is 1.50. The first-order valence-corrected chi connectivity index (χ1v) is 11.7. The first-order valence-electron chi connectivity index (χ1n) is 11.7. The number of hydrogen-bond acceptors (Lipinski definition) is 2. The number of rotatable bonds is 7. The van der Waals surface area contributed by atoms with Crippen molar-refractivity contribution in [2.45, 2.75) is 116 Å². The maximum atomic E-state index is 4.12. The van der Waals surface area contributed by atoms with Gasteiger partial charge in [0, 0.05) is 17.5 Å². The molecule has 0 aromatic rings. The molecule has 2 unspecified atom stereocenters. The minimum Gasteiger partial charge on any atom is -0.313 e. The molecule has 2 saturated heterocycles. The van der Waals surface area contributed by atoms with Gasteiger partial charge in [0.05, 0.1) is 0 Å². The van der Waals surface area contributed by atoms with Crippen molar-refractivity contribution in [1.29, 1.82) is 0 Å². The summed E-state index contributed by atoms with van der Waals surface area (Å²) in [7, 11) is 0. The highest BCUT2D eigenvalue weighted by Gasteiger charge is 2.55. The van der Waals surface area contributed by atoms with Gasteiger partial charge >= 0.3 is 0 Å². The van der Waals surface area contributed by atoms with Gasteiger partial charge in [-0.05, 0) is 76.9 Å². The Morgan fingerprint density at radius 1 is 0.920 bits per heavy atom. The zero-order chi connectivity index (χ0) is 17.8. The predicted octanol–water partition coefficient (Wildman–Crippen LogP) is 5.76. The first kappa shape index (κ1) is 19.7. The molecule has 3 aliphatic rings. The highest BCUT2D eigenvalue weighted by atomic mass is 15.2. The van der Waals surface area contributed by atoms with Crippen molar-refractivity contribution in [2.24, 2.45) is 10.8 Å². The van der Waals surface area contributed by atoms with Crippen LogP contribution in [0.5, 0.6) is 0 Å². The van der Waals surface area contributed by atoms with E-state index in [-0.39, 0.29) is 0 Å².